The van der Waals surface area contributed by atoms with Crippen LogP contribution in [0.5, 0.6) is 0 Å². The molecular weight excluding hydrogens is 226 g/mol. The fourth-order valence-corrected chi connectivity index (χ4v) is 2.06. The number of nitrogens with zero attached hydrogens (tertiary/aromatic N) is 1. The maximum atomic E-state index is 13.8. The number of hydrogen-bond acceptors (Lipinski definition) is 3. The van der Waals surface area contributed by atoms with Crippen LogP contribution in [-0.4, -0.2) is 25.3 Å². The van der Waals surface area contributed by atoms with Crippen LogP contribution in [0.3, 0.4) is 0 Å². The van der Waals surface area contributed by atoms with Crippen molar-refractivity contribution in [2.45, 2.75) is 26.0 Å². The van der Waals surface area contributed by atoms with E-state index in [9.17, 15) is 8.78 Å². The smallest absolute Gasteiger partial charge is 0.184 e. The Balaban J connectivity index is 2.41. The van der Waals surface area contributed by atoms with Crippen LogP contribution in [0.4, 0.5) is 20.2 Å². The number of morpholine rings is 1. The van der Waals surface area contributed by atoms with Gasteiger partial charge in [0.1, 0.15) is 0 Å². The van der Waals surface area contributed by atoms with Crippen LogP contribution < -0.4 is 10.6 Å². The van der Waals surface area contributed by atoms with Gasteiger partial charge in [-0.05, 0) is 26.0 Å². The zero-order chi connectivity index (χ0) is 12.6. The normalized spacial score (nSPS) is 25.1. The van der Waals surface area contributed by atoms with Crippen molar-refractivity contribution in [3.8, 4) is 0 Å². The molecule has 1 aliphatic heterocycles. The summed E-state index contributed by atoms with van der Waals surface area (Å²) < 4.78 is 32.5. The molecule has 2 atom stereocenters. The number of hydrogen-bond donors (Lipinski definition) is 1. The highest BCUT2D eigenvalue weighted by Crippen LogP contribution is 2.31. The number of nitrogens with two attached hydrogens (primary N) is 1. The lowest BCUT2D eigenvalue weighted by molar-refractivity contribution is 0.0341. The highest BCUT2D eigenvalue weighted by Gasteiger charge is 2.28. The summed E-state index contributed by atoms with van der Waals surface area (Å²) in [6.07, 6.45) is -0.0201. The maximum absolute atomic E-state index is 13.8. The summed E-state index contributed by atoms with van der Waals surface area (Å²) in [5.74, 6) is -1.76. The van der Waals surface area contributed by atoms with Gasteiger partial charge in [-0.25, -0.2) is 8.78 Å². The van der Waals surface area contributed by atoms with E-state index in [0.29, 0.717) is 13.2 Å². The lowest BCUT2D eigenvalue weighted by atomic mass is 10.1. The molecular formula is C12H16F2N2O. The van der Waals surface area contributed by atoms with Gasteiger partial charge in [0.05, 0.1) is 24.1 Å². The second-order valence-electron chi connectivity index (χ2n) is 4.44. The number of anilines is 2. The van der Waals surface area contributed by atoms with E-state index in [0.717, 1.165) is 6.07 Å². The van der Waals surface area contributed by atoms with E-state index in [1.54, 1.807) is 4.90 Å². The summed E-state index contributed by atoms with van der Waals surface area (Å²) in [6.45, 7) is 4.78. The summed E-state index contributed by atoms with van der Waals surface area (Å²) in [6, 6.07) is 2.41. The third-order valence-corrected chi connectivity index (χ3v) is 3.00. The van der Waals surface area contributed by atoms with Crippen molar-refractivity contribution >= 4 is 11.4 Å². The lowest BCUT2D eigenvalue weighted by Crippen LogP contribution is -2.48. The largest absolute Gasteiger partial charge is 0.397 e. The van der Waals surface area contributed by atoms with Gasteiger partial charge in [-0.3, -0.25) is 0 Å². The number of ether oxygens (including phenoxy) is 1. The number of rotatable bonds is 1. The van der Waals surface area contributed by atoms with Crippen molar-refractivity contribution in [2.24, 2.45) is 0 Å². The van der Waals surface area contributed by atoms with E-state index in [-0.39, 0.29) is 23.5 Å². The molecule has 1 saturated heterocycles. The minimum absolute atomic E-state index is 0.0201. The van der Waals surface area contributed by atoms with Gasteiger partial charge in [0.15, 0.2) is 11.6 Å². The summed E-state index contributed by atoms with van der Waals surface area (Å²) in [4.78, 5) is 1.77. The highest BCUT2D eigenvalue weighted by molar-refractivity contribution is 5.69. The zero-order valence-electron chi connectivity index (χ0n) is 9.91. The summed E-state index contributed by atoms with van der Waals surface area (Å²) in [5.41, 5.74) is 6.14. The Hall–Kier alpha value is -1.36. The molecule has 1 aromatic carbocycles. The molecule has 0 amide bonds. The van der Waals surface area contributed by atoms with Gasteiger partial charge in [-0.15, -0.1) is 0 Å². The molecule has 1 fully saturated rings. The topological polar surface area (TPSA) is 38.5 Å². The van der Waals surface area contributed by atoms with E-state index < -0.39 is 11.6 Å². The molecule has 0 spiro atoms. The maximum Gasteiger partial charge on any atom is 0.184 e. The Morgan fingerprint density at radius 3 is 2.76 bits per heavy atom. The molecule has 2 unspecified atom stereocenters. The zero-order valence-corrected chi connectivity index (χ0v) is 9.91. The number of nitrogen functional groups attached to an aromatic ring is 1. The SMILES string of the molecule is CC1CN(c2c(N)ccc(F)c2F)C(C)CO1. The molecule has 1 heterocycles. The van der Waals surface area contributed by atoms with Gasteiger partial charge < -0.3 is 15.4 Å². The van der Waals surface area contributed by atoms with Gasteiger partial charge in [0.25, 0.3) is 0 Å². The molecule has 0 saturated carbocycles. The monoisotopic (exact) mass is 242 g/mol. The minimum Gasteiger partial charge on any atom is -0.397 e. The molecule has 94 valence electrons. The van der Waals surface area contributed by atoms with Crippen molar-refractivity contribution in [2.75, 3.05) is 23.8 Å². The van der Waals surface area contributed by atoms with E-state index in [1.165, 1.54) is 6.07 Å². The molecule has 0 aliphatic carbocycles. The van der Waals surface area contributed by atoms with Crippen molar-refractivity contribution in [1.29, 1.82) is 0 Å². The first kappa shape index (κ1) is 12.1. The average Bonchev–Trinajstić information content (AvgIpc) is 2.29. The van der Waals surface area contributed by atoms with Crippen molar-refractivity contribution in [1.82, 2.24) is 0 Å². The van der Waals surface area contributed by atoms with Gasteiger partial charge in [0, 0.05) is 12.6 Å². The van der Waals surface area contributed by atoms with Crippen LogP contribution in [0.15, 0.2) is 12.1 Å². The molecule has 3 nitrogen and oxygen atoms in total. The van der Waals surface area contributed by atoms with Gasteiger partial charge in [-0.1, -0.05) is 0 Å². The van der Waals surface area contributed by atoms with E-state index >= 15 is 0 Å². The summed E-state index contributed by atoms with van der Waals surface area (Å²) in [7, 11) is 0. The van der Waals surface area contributed by atoms with E-state index in [4.69, 9.17) is 10.5 Å². The molecule has 0 radical (unpaired) electrons. The molecule has 2 rings (SSSR count). The van der Waals surface area contributed by atoms with Gasteiger partial charge in [-0.2, -0.15) is 0 Å². The number of halogens is 2. The predicted octanol–water partition coefficient (Wildman–Crippen LogP) is 2.16. The Labute approximate surface area is 99.2 Å². The third kappa shape index (κ3) is 2.20. The van der Waals surface area contributed by atoms with E-state index in [2.05, 4.69) is 0 Å². The molecule has 0 aromatic heterocycles. The molecule has 2 N–H and O–H groups in total. The van der Waals surface area contributed by atoms with Crippen LogP contribution in [0.25, 0.3) is 0 Å². The first-order chi connectivity index (χ1) is 8.00. The van der Waals surface area contributed by atoms with Crippen molar-refractivity contribution in [3.63, 3.8) is 0 Å². The quantitative estimate of drug-likeness (QED) is 0.767. The van der Waals surface area contributed by atoms with Crippen LogP contribution in [0.1, 0.15) is 13.8 Å². The fourth-order valence-electron chi connectivity index (χ4n) is 2.06. The molecule has 1 aliphatic rings. The van der Waals surface area contributed by atoms with Crippen LogP contribution in [-0.2, 0) is 4.74 Å². The Kier molecular flexibility index (Phi) is 3.19. The van der Waals surface area contributed by atoms with Gasteiger partial charge >= 0.3 is 0 Å². The Morgan fingerprint density at radius 2 is 2.06 bits per heavy atom. The molecule has 1 aromatic rings. The van der Waals surface area contributed by atoms with Crippen molar-refractivity contribution < 1.29 is 13.5 Å². The van der Waals surface area contributed by atoms with E-state index in [1.807, 2.05) is 13.8 Å². The second-order valence-corrected chi connectivity index (χ2v) is 4.44. The summed E-state index contributed by atoms with van der Waals surface area (Å²) in [5, 5.41) is 0. The first-order valence-electron chi connectivity index (χ1n) is 5.62. The molecule has 5 heteroatoms. The third-order valence-electron chi connectivity index (χ3n) is 3.00. The standard InChI is InChI=1S/C12H16F2N2O/c1-7-6-17-8(2)5-16(7)12-10(15)4-3-9(13)11(12)14/h3-4,7-8H,5-6,15H2,1-2H3. The number of benzene rings is 1. The second kappa shape index (κ2) is 4.49. The Morgan fingerprint density at radius 1 is 1.35 bits per heavy atom. The van der Waals surface area contributed by atoms with Gasteiger partial charge in [0.2, 0.25) is 0 Å². The first-order valence-corrected chi connectivity index (χ1v) is 5.62. The molecule has 17 heavy (non-hydrogen) atoms. The fraction of sp³-hybridized carbons (Fsp3) is 0.500. The minimum atomic E-state index is -0.883. The highest BCUT2D eigenvalue weighted by atomic mass is 19.2. The average molecular weight is 242 g/mol. The van der Waals surface area contributed by atoms with Crippen LogP contribution in [0.2, 0.25) is 0 Å². The molecule has 0 bridgehead atoms. The van der Waals surface area contributed by atoms with Crippen LogP contribution >= 0.6 is 0 Å². The van der Waals surface area contributed by atoms with Crippen molar-refractivity contribution in [3.05, 3.63) is 23.8 Å². The summed E-state index contributed by atoms with van der Waals surface area (Å²) >= 11 is 0. The lowest BCUT2D eigenvalue weighted by Gasteiger charge is -2.39. The van der Waals surface area contributed by atoms with Crippen LogP contribution in [0, 0.1) is 11.6 Å². The Bertz CT molecular complexity index is 425. The predicted molar refractivity (Wildman–Crippen MR) is 63.0 cm³/mol.